The van der Waals surface area contributed by atoms with Gasteiger partial charge in [0, 0.05) is 17.8 Å². The second-order valence-electron chi connectivity index (χ2n) is 4.64. The molecule has 14 heavy (non-hydrogen) atoms. The van der Waals surface area contributed by atoms with Gasteiger partial charge < -0.3 is 5.32 Å². The minimum absolute atomic E-state index is 0.284. The van der Waals surface area contributed by atoms with Crippen molar-refractivity contribution in [1.82, 2.24) is 0 Å². The Morgan fingerprint density at radius 2 is 2.07 bits per heavy atom. The Morgan fingerprint density at radius 1 is 1.36 bits per heavy atom. The summed E-state index contributed by atoms with van der Waals surface area (Å²) in [6, 6.07) is 7.93. The molecule has 1 rings (SSSR count). The predicted octanol–water partition coefficient (Wildman–Crippen LogP) is 3.13. The van der Waals surface area contributed by atoms with Crippen LogP contribution in [0.15, 0.2) is 24.3 Å². The van der Waals surface area contributed by atoms with Gasteiger partial charge in [0.15, 0.2) is 0 Å². The Kier molecular flexibility index (Phi) is 3.19. The molecule has 0 aliphatic heterocycles. The molecule has 0 fully saturated rings. The smallest absolute Gasteiger partial charge is 0.0352 e. The van der Waals surface area contributed by atoms with Gasteiger partial charge >= 0.3 is 0 Å². The zero-order valence-electron chi connectivity index (χ0n) is 9.09. The number of anilines is 1. The highest BCUT2D eigenvalue weighted by Crippen LogP contribution is 2.16. The molecule has 1 aromatic carbocycles. The van der Waals surface area contributed by atoms with Crippen LogP contribution >= 0.6 is 0 Å². The van der Waals surface area contributed by atoms with Gasteiger partial charge in [0.25, 0.3) is 0 Å². The van der Waals surface area contributed by atoms with E-state index in [0.717, 1.165) is 17.8 Å². The van der Waals surface area contributed by atoms with Crippen LogP contribution in [0.25, 0.3) is 0 Å². The lowest BCUT2D eigenvalue weighted by atomic mass is 9.97. The van der Waals surface area contributed by atoms with Crippen molar-refractivity contribution in [2.24, 2.45) is 5.41 Å². The summed E-state index contributed by atoms with van der Waals surface area (Å²) in [4.78, 5) is 0. The van der Waals surface area contributed by atoms with Gasteiger partial charge in [-0.1, -0.05) is 32.8 Å². The maximum absolute atomic E-state index is 5.32. The number of hydrogen-bond donors (Lipinski definition) is 1. The Labute approximate surface area is 86.5 Å². The third-order valence-corrected chi connectivity index (χ3v) is 1.85. The van der Waals surface area contributed by atoms with Crippen LogP contribution in [0.3, 0.4) is 0 Å². The lowest BCUT2D eigenvalue weighted by Gasteiger charge is -2.19. The van der Waals surface area contributed by atoms with Crippen molar-refractivity contribution in [2.45, 2.75) is 20.8 Å². The van der Waals surface area contributed by atoms with Gasteiger partial charge in [-0.05, 0) is 23.6 Å². The van der Waals surface area contributed by atoms with Gasteiger partial charge in [-0.3, -0.25) is 0 Å². The van der Waals surface area contributed by atoms with E-state index in [9.17, 15) is 0 Å². The number of benzene rings is 1. The van der Waals surface area contributed by atoms with E-state index < -0.39 is 0 Å². The average Bonchev–Trinajstić information content (AvgIpc) is 2.14. The molecule has 1 aromatic rings. The normalized spacial score (nSPS) is 10.7. The molecule has 0 aliphatic rings. The summed E-state index contributed by atoms with van der Waals surface area (Å²) < 4.78 is 0. The molecule has 0 heterocycles. The van der Waals surface area contributed by atoms with Gasteiger partial charge in [-0.15, -0.1) is 6.42 Å². The molecule has 0 saturated carbocycles. The molecule has 1 N–H and O–H groups in total. The zero-order valence-corrected chi connectivity index (χ0v) is 9.09. The fourth-order valence-electron chi connectivity index (χ4n) is 1.09. The third-order valence-electron chi connectivity index (χ3n) is 1.85. The second kappa shape index (κ2) is 4.19. The number of rotatable bonds is 2. The molecular weight excluding hydrogens is 170 g/mol. The van der Waals surface area contributed by atoms with Crippen molar-refractivity contribution in [3.05, 3.63) is 29.8 Å². The monoisotopic (exact) mass is 187 g/mol. The SMILES string of the molecule is C#Cc1cccc(NCC(C)(C)C)c1. The lowest BCUT2D eigenvalue weighted by molar-refractivity contribution is 0.443. The highest BCUT2D eigenvalue weighted by Gasteiger charge is 2.08. The van der Waals surface area contributed by atoms with Crippen molar-refractivity contribution in [1.29, 1.82) is 0 Å². The molecule has 0 saturated heterocycles. The summed E-state index contributed by atoms with van der Waals surface area (Å²) in [5.41, 5.74) is 2.30. The minimum Gasteiger partial charge on any atom is -0.384 e. The summed E-state index contributed by atoms with van der Waals surface area (Å²) in [6.45, 7) is 7.54. The van der Waals surface area contributed by atoms with Gasteiger partial charge in [-0.25, -0.2) is 0 Å². The van der Waals surface area contributed by atoms with Crippen molar-refractivity contribution < 1.29 is 0 Å². The van der Waals surface area contributed by atoms with Crippen LogP contribution < -0.4 is 5.32 Å². The molecule has 0 atom stereocenters. The number of nitrogens with one attached hydrogen (secondary N) is 1. The first-order valence-electron chi connectivity index (χ1n) is 4.82. The van der Waals surface area contributed by atoms with Crippen LogP contribution in [0.4, 0.5) is 5.69 Å². The minimum atomic E-state index is 0.284. The molecule has 0 aromatic heterocycles. The number of terminal acetylenes is 1. The first-order valence-corrected chi connectivity index (χ1v) is 4.82. The summed E-state index contributed by atoms with van der Waals surface area (Å²) in [5.74, 6) is 2.62. The van der Waals surface area contributed by atoms with E-state index in [-0.39, 0.29) is 5.41 Å². The van der Waals surface area contributed by atoms with Crippen LogP contribution in [0.5, 0.6) is 0 Å². The van der Waals surface area contributed by atoms with Gasteiger partial charge in [0.1, 0.15) is 0 Å². The van der Waals surface area contributed by atoms with E-state index in [0.29, 0.717) is 0 Å². The van der Waals surface area contributed by atoms with Gasteiger partial charge in [0.05, 0.1) is 0 Å². The molecule has 0 amide bonds. The van der Waals surface area contributed by atoms with E-state index in [1.165, 1.54) is 0 Å². The fraction of sp³-hybridized carbons (Fsp3) is 0.385. The largest absolute Gasteiger partial charge is 0.384 e. The van der Waals surface area contributed by atoms with E-state index in [1.54, 1.807) is 0 Å². The first kappa shape index (κ1) is 10.7. The highest BCUT2D eigenvalue weighted by atomic mass is 14.9. The van der Waals surface area contributed by atoms with E-state index in [1.807, 2.05) is 24.3 Å². The predicted molar refractivity (Wildman–Crippen MR) is 62.3 cm³/mol. The van der Waals surface area contributed by atoms with Crippen LogP contribution in [0.2, 0.25) is 0 Å². The van der Waals surface area contributed by atoms with Crippen molar-refractivity contribution in [3.63, 3.8) is 0 Å². The average molecular weight is 187 g/mol. The maximum Gasteiger partial charge on any atom is 0.0352 e. The van der Waals surface area contributed by atoms with Gasteiger partial charge in [0.2, 0.25) is 0 Å². The van der Waals surface area contributed by atoms with Crippen molar-refractivity contribution in [3.8, 4) is 12.3 Å². The molecule has 0 unspecified atom stereocenters. The van der Waals surface area contributed by atoms with Crippen molar-refractivity contribution in [2.75, 3.05) is 11.9 Å². The van der Waals surface area contributed by atoms with Crippen LogP contribution in [-0.2, 0) is 0 Å². The van der Waals surface area contributed by atoms with Crippen molar-refractivity contribution >= 4 is 5.69 Å². The fourth-order valence-corrected chi connectivity index (χ4v) is 1.09. The Bertz CT molecular complexity index is 339. The molecule has 0 radical (unpaired) electrons. The topological polar surface area (TPSA) is 12.0 Å². The first-order chi connectivity index (χ1) is 6.51. The lowest BCUT2D eigenvalue weighted by Crippen LogP contribution is -2.18. The summed E-state index contributed by atoms with van der Waals surface area (Å²) in [7, 11) is 0. The summed E-state index contributed by atoms with van der Waals surface area (Å²) >= 11 is 0. The number of hydrogen-bond acceptors (Lipinski definition) is 1. The quantitative estimate of drug-likeness (QED) is 0.701. The zero-order chi connectivity index (χ0) is 10.6. The van der Waals surface area contributed by atoms with Crippen LogP contribution in [0.1, 0.15) is 26.3 Å². The molecule has 0 bridgehead atoms. The summed E-state index contributed by atoms with van der Waals surface area (Å²) in [5, 5.41) is 3.36. The Morgan fingerprint density at radius 3 is 2.64 bits per heavy atom. The Balaban J connectivity index is 2.65. The second-order valence-corrected chi connectivity index (χ2v) is 4.64. The summed E-state index contributed by atoms with van der Waals surface area (Å²) in [6.07, 6.45) is 5.32. The van der Waals surface area contributed by atoms with E-state index >= 15 is 0 Å². The van der Waals surface area contributed by atoms with Crippen LogP contribution in [0, 0.1) is 17.8 Å². The van der Waals surface area contributed by atoms with Crippen LogP contribution in [-0.4, -0.2) is 6.54 Å². The Hall–Kier alpha value is -1.42. The molecule has 1 nitrogen and oxygen atoms in total. The van der Waals surface area contributed by atoms with E-state index in [4.69, 9.17) is 6.42 Å². The third kappa shape index (κ3) is 3.53. The van der Waals surface area contributed by atoms with Gasteiger partial charge in [-0.2, -0.15) is 0 Å². The standard InChI is InChI=1S/C13H17N/c1-5-11-7-6-8-12(9-11)14-10-13(2,3)4/h1,6-9,14H,10H2,2-4H3. The highest BCUT2D eigenvalue weighted by molar-refractivity contribution is 5.49. The molecular formula is C13H17N. The maximum atomic E-state index is 5.32. The molecule has 0 spiro atoms. The van der Waals surface area contributed by atoms with E-state index in [2.05, 4.69) is 32.0 Å². The molecule has 0 aliphatic carbocycles. The molecule has 74 valence electrons. The molecule has 1 heteroatoms.